The summed E-state index contributed by atoms with van der Waals surface area (Å²) in [4.78, 5) is 41.9. The van der Waals surface area contributed by atoms with E-state index >= 15 is 0 Å². The van der Waals surface area contributed by atoms with Gasteiger partial charge in [-0.1, -0.05) is 17.7 Å². The van der Waals surface area contributed by atoms with E-state index < -0.39 is 5.69 Å². The summed E-state index contributed by atoms with van der Waals surface area (Å²) in [6.07, 6.45) is 10.6. The van der Waals surface area contributed by atoms with Crippen molar-refractivity contribution in [2.75, 3.05) is 6.54 Å². The van der Waals surface area contributed by atoms with Crippen LogP contribution in [0.3, 0.4) is 0 Å². The Bertz CT molecular complexity index is 1420. The first-order valence-electron chi connectivity index (χ1n) is 12.3. The van der Waals surface area contributed by atoms with Crippen molar-refractivity contribution in [3.05, 3.63) is 72.3 Å². The second-order valence-corrected chi connectivity index (χ2v) is 10.6. The van der Waals surface area contributed by atoms with Gasteiger partial charge in [-0.25, -0.2) is 9.36 Å². The number of nitrogens with one attached hydrogen (secondary N) is 1. The molecule has 0 bridgehead atoms. The summed E-state index contributed by atoms with van der Waals surface area (Å²) in [7, 11) is 0. The summed E-state index contributed by atoms with van der Waals surface area (Å²) in [6, 6.07) is 5.61. The number of aryl methyl sites for hydroxylation is 4. The van der Waals surface area contributed by atoms with Crippen LogP contribution >= 0.6 is 11.3 Å². The molecule has 2 heterocycles. The summed E-state index contributed by atoms with van der Waals surface area (Å²) in [5, 5.41) is 3.59. The van der Waals surface area contributed by atoms with Gasteiger partial charge in [0.25, 0.3) is 5.56 Å². The lowest BCUT2D eigenvalue weighted by Crippen LogP contribution is -2.41. The van der Waals surface area contributed by atoms with Crippen molar-refractivity contribution in [1.29, 1.82) is 0 Å². The minimum atomic E-state index is -0.453. The van der Waals surface area contributed by atoms with E-state index in [1.165, 1.54) is 43.8 Å². The monoisotopic (exact) mass is 477 g/mol. The number of allylic oxidation sites excluding steroid dienone is 1. The van der Waals surface area contributed by atoms with Crippen LogP contribution in [0.2, 0.25) is 0 Å². The van der Waals surface area contributed by atoms with Crippen molar-refractivity contribution in [2.45, 2.75) is 71.8 Å². The third-order valence-electron chi connectivity index (χ3n) is 7.19. The number of carbonyl (C=O) groups excluding carboxylic acids is 1. The molecular formula is C27H31N3O3S. The zero-order valence-corrected chi connectivity index (χ0v) is 20.7. The molecule has 2 aliphatic rings. The van der Waals surface area contributed by atoms with Crippen LogP contribution in [0, 0.1) is 13.8 Å². The predicted molar refractivity (Wildman–Crippen MR) is 137 cm³/mol. The summed E-state index contributed by atoms with van der Waals surface area (Å²) in [5.74, 6) is -0.196. The fraction of sp³-hybridized carbons (Fsp3) is 0.444. The third kappa shape index (κ3) is 4.17. The van der Waals surface area contributed by atoms with E-state index in [1.807, 2.05) is 32.0 Å². The van der Waals surface area contributed by atoms with Gasteiger partial charge in [0.15, 0.2) is 0 Å². The minimum Gasteiger partial charge on any atom is -0.354 e. The fourth-order valence-electron chi connectivity index (χ4n) is 5.13. The molecule has 6 nitrogen and oxygen atoms in total. The number of fused-ring (bicyclic) bond motifs is 3. The Morgan fingerprint density at radius 2 is 1.91 bits per heavy atom. The van der Waals surface area contributed by atoms with Crippen LogP contribution in [-0.4, -0.2) is 21.6 Å². The van der Waals surface area contributed by atoms with Crippen LogP contribution in [0.25, 0.3) is 15.9 Å². The Morgan fingerprint density at radius 1 is 1.06 bits per heavy atom. The quantitative estimate of drug-likeness (QED) is 0.537. The highest BCUT2D eigenvalue weighted by Crippen LogP contribution is 2.35. The first-order chi connectivity index (χ1) is 16.4. The highest BCUT2D eigenvalue weighted by molar-refractivity contribution is 7.19. The number of aromatic nitrogens is 2. The SMILES string of the molecule is Cc1ccc(-n2c(=O)c3c4c(sc3n(CC(=O)NCCC3=CCCCC3)c2=O)CCC4)cc1C. The Balaban J connectivity index is 1.52. The lowest BCUT2D eigenvalue weighted by molar-refractivity contribution is -0.121. The molecule has 2 aliphatic carbocycles. The molecule has 0 fully saturated rings. The summed E-state index contributed by atoms with van der Waals surface area (Å²) >= 11 is 1.50. The third-order valence-corrected chi connectivity index (χ3v) is 8.51. The minimum absolute atomic E-state index is 0.0844. The topological polar surface area (TPSA) is 73.1 Å². The average Bonchev–Trinajstić information content (AvgIpc) is 3.41. The van der Waals surface area contributed by atoms with E-state index in [0.29, 0.717) is 22.4 Å². The molecule has 5 rings (SSSR count). The molecule has 1 amide bonds. The van der Waals surface area contributed by atoms with Crippen molar-refractivity contribution >= 4 is 27.5 Å². The summed E-state index contributed by atoms with van der Waals surface area (Å²) < 4.78 is 2.75. The largest absolute Gasteiger partial charge is 0.354 e. The maximum atomic E-state index is 13.6. The Labute approximate surface area is 202 Å². The molecule has 1 aromatic carbocycles. The lowest BCUT2D eigenvalue weighted by atomic mass is 9.97. The second kappa shape index (κ2) is 9.37. The van der Waals surface area contributed by atoms with E-state index in [0.717, 1.165) is 55.2 Å². The van der Waals surface area contributed by atoms with Crippen LogP contribution in [0.5, 0.6) is 0 Å². The van der Waals surface area contributed by atoms with Gasteiger partial charge in [-0.3, -0.25) is 14.2 Å². The molecule has 0 spiro atoms. The molecule has 0 unspecified atom stereocenters. The molecule has 0 radical (unpaired) electrons. The number of hydrogen-bond acceptors (Lipinski definition) is 4. The van der Waals surface area contributed by atoms with Gasteiger partial charge in [-0.05, 0) is 94.0 Å². The molecule has 2 aromatic heterocycles. The number of thiophene rings is 1. The Hall–Kier alpha value is -2.93. The number of amides is 1. The number of hydrogen-bond donors (Lipinski definition) is 1. The van der Waals surface area contributed by atoms with Gasteiger partial charge in [0, 0.05) is 11.4 Å². The van der Waals surface area contributed by atoms with E-state index in [1.54, 1.807) is 0 Å². The summed E-state index contributed by atoms with van der Waals surface area (Å²) in [5.41, 5.74) is 4.40. The number of rotatable bonds is 6. The molecule has 178 valence electrons. The maximum Gasteiger partial charge on any atom is 0.337 e. The van der Waals surface area contributed by atoms with Gasteiger partial charge in [0.1, 0.15) is 11.4 Å². The molecule has 1 N–H and O–H groups in total. The standard InChI is InChI=1S/C27H31N3O3S/c1-17-11-12-20(15-18(17)2)30-25(32)24-21-9-6-10-22(21)34-26(24)29(27(30)33)16-23(31)28-14-13-19-7-4-3-5-8-19/h7,11-12,15H,3-6,8-10,13-14,16H2,1-2H3,(H,28,31). The van der Waals surface area contributed by atoms with Gasteiger partial charge in [-0.2, -0.15) is 0 Å². The van der Waals surface area contributed by atoms with Crippen LogP contribution in [0.1, 0.15) is 60.1 Å². The molecule has 0 aliphatic heterocycles. The van der Waals surface area contributed by atoms with Crippen LogP contribution in [-0.2, 0) is 24.2 Å². The van der Waals surface area contributed by atoms with Crippen molar-refractivity contribution in [3.8, 4) is 5.69 Å². The average molecular weight is 478 g/mol. The highest BCUT2D eigenvalue weighted by Gasteiger charge is 2.26. The number of benzene rings is 1. The van der Waals surface area contributed by atoms with Crippen molar-refractivity contribution in [3.63, 3.8) is 0 Å². The zero-order valence-electron chi connectivity index (χ0n) is 19.9. The van der Waals surface area contributed by atoms with E-state index in [-0.39, 0.29) is 18.0 Å². The molecule has 3 aromatic rings. The van der Waals surface area contributed by atoms with Crippen molar-refractivity contribution in [1.82, 2.24) is 14.5 Å². The van der Waals surface area contributed by atoms with E-state index in [9.17, 15) is 14.4 Å². The molecule has 0 saturated heterocycles. The fourth-order valence-corrected chi connectivity index (χ4v) is 6.50. The van der Waals surface area contributed by atoms with Crippen molar-refractivity contribution < 1.29 is 4.79 Å². The first kappa shape index (κ1) is 22.8. The van der Waals surface area contributed by atoms with Gasteiger partial charge in [0.05, 0.1) is 11.1 Å². The second-order valence-electron chi connectivity index (χ2n) is 9.52. The van der Waals surface area contributed by atoms with Crippen molar-refractivity contribution in [2.24, 2.45) is 0 Å². The maximum absolute atomic E-state index is 13.6. The normalized spacial score (nSPS) is 15.4. The first-order valence-corrected chi connectivity index (χ1v) is 13.1. The Kier molecular flexibility index (Phi) is 6.30. The number of nitrogens with zero attached hydrogens (tertiary/aromatic N) is 2. The zero-order chi connectivity index (χ0) is 23.8. The van der Waals surface area contributed by atoms with E-state index in [4.69, 9.17) is 0 Å². The van der Waals surface area contributed by atoms with Crippen LogP contribution < -0.4 is 16.6 Å². The van der Waals surface area contributed by atoms with E-state index in [2.05, 4.69) is 11.4 Å². The smallest absolute Gasteiger partial charge is 0.337 e. The van der Waals surface area contributed by atoms with Gasteiger partial charge in [0.2, 0.25) is 5.91 Å². The van der Waals surface area contributed by atoms with Crippen LogP contribution in [0.15, 0.2) is 39.4 Å². The molecule has 0 saturated carbocycles. The lowest BCUT2D eigenvalue weighted by Gasteiger charge is -2.15. The number of carbonyl (C=O) groups is 1. The molecular weight excluding hydrogens is 446 g/mol. The summed E-state index contributed by atoms with van der Waals surface area (Å²) in [6.45, 7) is 4.46. The van der Waals surface area contributed by atoms with Gasteiger partial charge >= 0.3 is 5.69 Å². The molecule has 7 heteroatoms. The van der Waals surface area contributed by atoms with Gasteiger partial charge in [-0.15, -0.1) is 11.3 Å². The van der Waals surface area contributed by atoms with Crippen LogP contribution in [0.4, 0.5) is 0 Å². The Morgan fingerprint density at radius 3 is 2.68 bits per heavy atom. The van der Waals surface area contributed by atoms with Gasteiger partial charge < -0.3 is 5.32 Å². The molecule has 0 atom stereocenters. The molecule has 34 heavy (non-hydrogen) atoms. The highest BCUT2D eigenvalue weighted by atomic mass is 32.1. The predicted octanol–water partition coefficient (Wildman–Crippen LogP) is 4.33.